The molecule has 0 heterocycles. The highest BCUT2D eigenvalue weighted by atomic mass is 16.5. The Morgan fingerprint density at radius 1 is 0.645 bits per heavy atom. The highest BCUT2D eigenvalue weighted by Gasteiger charge is 2.33. The number of hydrogen-bond acceptors (Lipinski definition) is 4. The van der Waals surface area contributed by atoms with E-state index in [0.29, 0.717) is 37.4 Å². The minimum absolute atomic E-state index is 0.00850. The Kier molecular flexibility index (Phi) is 18.9. The maximum Gasteiger partial charge on any atom is 0.309 e. The third-order valence-corrected chi connectivity index (χ3v) is 6.14. The number of esters is 2. The summed E-state index contributed by atoms with van der Waals surface area (Å²) in [4.78, 5) is 24.0. The van der Waals surface area contributed by atoms with Crippen molar-refractivity contribution >= 4 is 11.9 Å². The lowest BCUT2D eigenvalue weighted by molar-refractivity contribution is -0.153. The third-order valence-electron chi connectivity index (χ3n) is 6.14. The first kappa shape index (κ1) is 29.9. The van der Waals surface area contributed by atoms with E-state index in [9.17, 15) is 9.59 Å². The van der Waals surface area contributed by atoms with Gasteiger partial charge in [-0.05, 0) is 43.4 Å². The zero-order chi connectivity index (χ0) is 23.5. The van der Waals surface area contributed by atoms with Crippen molar-refractivity contribution in [2.24, 2.45) is 23.7 Å². The number of unbranched alkanes of at least 4 members (excludes halogenated alkanes) is 8. The predicted octanol–water partition coefficient (Wildman–Crippen LogP) is 7.73. The molecule has 0 fully saturated rings. The number of hydrogen-bond donors (Lipinski definition) is 0. The van der Waals surface area contributed by atoms with E-state index in [1.807, 2.05) is 13.8 Å². The largest absolute Gasteiger partial charge is 0.466 e. The maximum atomic E-state index is 12.6. The van der Waals surface area contributed by atoms with Crippen LogP contribution < -0.4 is 0 Å². The molecule has 184 valence electrons. The topological polar surface area (TPSA) is 52.6 Å². The Morgan fingerprint density at radius 2 is 1.13 bits per heavy atom. The van der Waals surface area contributed by atoms with Crippen molar-refractivity contribution in [3.05, 3.63) is 0 Å². The van der Waals surface area contributed by atoms with Gasteiger partial charge < -0.3 is 9.47 Å². The molecule has 0 saturated carbocycles. The Labute approximate surface area is 193 Å². The monoisotopic (exact) mass is 440 g/mol. The van der Waals surface area contributed by atoms with E-state index in [4.69, 9.17) is 9.47 Å². The van der Waals surface area contributed by atoms with Crippen LogP contribution in [-0.4, -0.2) is 25.2 Å². The van der Waals surface area contributed by atoms with E-state index in [1.54, 1.807) is 0 Å². The van der Waals surface area contributed by atoms with Crippen LogP contribution in [-0.2, 0) is 19.1 Å². The molecule has 0 radical (unpaired) electrons. The van der Waals surface area contributed by atoms with E-state index in [2.05, 4.69) is 27.7 Å². The summed E-state index contributed by atoms with van der Waals surface area (Å²) in [6.07, 6.45) is 14.3. The Morgan fingerprint density at radius 3 is 1.61 bits per heavy atom. The van der Waals surface area contributed by atoms with E-state index in [1.165, 1.54) is 44.9 Å². The van der Waals surface area contributed by atoms with Crippen molar-refractivity contribution in [3.63, 3.8) is 0 Å². The minimum atomic E-state index is -0.0418. The highest BCUT2D eigenvalue weighted by Crippen LogP contribution is 2.33. The molecule has 4 nitrogen and oxygen atoms in total. The van der Waals surface area contributed by atoms with Gasteiger partial charge in [-0.25, -0.2) is 0 Å². The summed E-state index contributed by atoms with van der Waals surface area (Å²) in [5.74, 6) is 1.22. The average Bonchev–Trinajstić information content (AvgIpc) is 2.72. The van der Waals surface area contributed by atoms with E-state index in [-0.39, 0.29) is 17.9 Å². The maximum absolute atomic E-state index is 12.6. The second-order valence-corrected chi connectivity index (χ2v) is 9.79. The molecular weight excluding hydrogens is 388 g/mol. The summed E-state index contributed by atoms with van der Waals surface area (Å²) >= 11 is 0. The Bertz CT molecular complexity index is 445. The van der Waals surface area contributed by atoms with Crippen molar-refractivity contribution < 1.29 is 19.1 Å². The smallest absolute Gasteiger partial charge is 0.309 e. The third kappa shape index (κ3) is 15.4. The molecular formula is C27H52O4. The molecule has 0 aliphatic carbocycles. The van der Waals surface area contributed by atoms with Crippen LogP contribution in [0, 0.1) is 23.7 Å². The van der Waals surface area contributed by atoms with Gasteiger partial charge in [0.2, 0.25) is 0 Å². The van der Waals surface area contributed by atoms with Crippen molar-refractivity contribution in [2.45, 2.75) is 125 Å². The van der Waals surface area contributed by atoms with Gasteiger partial charge in [0.15, 0.2) is 0 Å². The van der Waals surface area contributed by atoms with Crippen LogP contribution in [0.3, 0.4) is 0 Å². The molecule has 0 amide bonds. The minimum Gasteiger partial charge on any atom is -0.466 e. The summed E-state index contributed by atoms with van der Waals surface area (Å²) in [5.41, 5.74) is 0. The molecule has 0 aromatic rings. The molecule has 0 spiro atoms. The van der Waals surface area contributed by atoms with Crippen LogP contribution in [0.2, 0.25) is 0 Å². The van der Waals surface area contributed by atoms with Crippen molar-refractivity contribution in [2.75, 3.05) is 13.2 Å². The summed E-state index contributed by atoms with van der Waals surface area (Å²) in [7, 11) is 0. The normalized spacial score (nSPS) is 13.4. The number of carbonyl (C=O) groups is 2. The molecule has 0 bridgehead atoms. The molecule has 31 heavy (non-hydrogen) atoms. The summed E-state index contributed by atoms with van der Waals surface area (Å²) in [6.45, 7) is 14.0. The summed E-state index contributed by atoms with van der Waals surface area (Å²) in [5, 5.41) is 0. The lowest BCUT2D eigenvalue weighted by Crippen LogP contribution is -2.33. The lowest BCUT2D eigenvalue weighted by atomic mass is 9.74. The van der Waals surface area contributed by atoms with Crippen LogP contribution in [0.1, 0.15) is 125 Å². The van der Waals surface area contributed by atoms with E-state index < -0.39 is 0 Å². The quantitative estimate of drug-likeness (QED) is 0.143. The molecule has 0 aliphatic rings. The van der Waals surface area contributed by atoms with Crippen molar-refractivity contribution in [1.82, 2.24) is 0 Å². The van der Waals surface area contributed by atoms with Gasteiger partial charge in [-0.2, -0.15) is 0 Å². The van der Waals surface area contributed by atoms with Gasteiger partial charge in [-0.1, -0.05) is 92.9 Å². The summed E-state index contributed by atoms with van der Waals surface area (Å²) < 4.78 is 10.6. The number of carbonyl (C=O) groups excluding carboxylic acids is 2. The van der Waals surface area contributed by atoms with Gasteiger partial charge >= 0.3 is 11.9 Å². The van der Waals surface area contributed by atoms with E-state index in [0.717, 1.165) is 32.1 Å². The van der Waals surface area contributed by atoms with Gasteiger partial charge in [0.25, 0.3) is 0 Å². The molecule has 0 rings (SSSR count). The lowest BCUT2D eigenvalue weighted by Gasteiger charge is -2.31. The van der Waals surface area contributed by atoms with Crippen molar-refractivity contribution in [1.29, 1.82) is 0 Å². The van der Waals surface area contributed by atoms with Crippen LogP contribution in [0.25, 0.3) is 0 Å². The van der Waals surface area contributed by atoms with Gasteiger partial charge in [0.1, 0.15) is 0 Å². The fourth-order valence-corrected chi connectivity index (χ4v) is 4.34. The zero-order valence-corrected chi connectivity index (χ0v) is 21.5. The van der Waals surface area contributed by atoms with Crippen LogP contribution in [0.5, 0.6) is 0 Å². The Balaban J connectivity index is 3.94. The van der Waals surface area contributed by atoms with Crippen molar-refractivity contribution in [3.8, 4) is 0 Å². The fourth-order valence-electron chi connectivity index (χ4n) is 4.34. The van der Waals surface area contributed by atoms with Crippen LogP contribution >= 0.6 is 0 Å². The first-order chi connectivity index (χ1) is 14.8. The number of rotatable bonds is 20. The van der Waals surface area contributed by atoms with Gasteiger partial charge in [0, 0.05) is 6.42 Å². The number of ether oxygens (including phenoxy) is 2. The van der Waals surface area contributed by atoms with Crippen LogP contribution in [0.4, 0.5) is 0 Å². The fraction of sp³-hybridized carbons (Fsp3) is 0.926. The first-order valence-corrected chi connectivity index (χ1v) is 13.2. The molecule has 0 saturated heterocycles. The van der Waals surface area contributed by atoms with Gasteiger partial charge in [-0.3, -0.25) is 9.59 Å². The molecule has 0 N–H and O–H groups in total. The second-order valence-electron chi connectivity index (χ2n) is 9.79. The molecule has 2 atom stereocenters. The zero-order valence-electron chi connectivity index (χ0n) is 21.5. The highest BCUT2D eigenvalue weighted by molar-refractivity contribution is 5.73. The SMILES string of the molecule is CCCOC(=O)CCCCCCCCCCCC(C(C)C)C(C(=O)OCCC)C(C)C. The van der Waals surface area contributed by atoms with Gasteiger partial charge in [-0.15, -0.1) is 0 Å². The first-order valence-electron chi connectivity index (χ1n) is 13.2. The molecule has 0 aromatic heterocycles. The van der Waals surface area contributed by atoms with E-state index >= 15 is 0 Å². The standard InChI is InChI=1S/C27H52O4/c1-7-20-30-25(28)19-17-15-13-11-9-10-12-14-16-18-24(22(3)4)26(23(5)6)27(29)31-21-8-2/h22-24,26H,7-21H2,1-6H3. The summed E-state index contributed by atoms with van der Waals surface area (Å²) in [6, 6.07) is 0. The Hall–Kier alpha value is -1.06. The second kappa shape index (κ2) is 19.6. The molecule has 0 aromatic carbocycles. The molecule has 0 aliphatic heterocycles. The molecule has 4 heteroatoms. The molecule has 2 unspecified atom stereocenters. The van der Waals surface area contributed by atoms with Gasteiger partial charge in [0.05, 0.1) is 19.1 Å². The predicted molar refractivity (Wildman–Crippen MR) is 130 cm³/mol. The van der Waals surface area contributed by atoms with Crippen LogP contribution in [0.15, 0.2) is 0 Å². The average molecular weight is 441 g/mol.